The molecule has 0 radical (unpaired) electrons. The van der Waals surface area contributed by atoms with Gasteiger partial charge in [0.2, 0.25) is 0 Å². The highest BCUT2D eigenvalue weighted by Crippen LogP contribution is 2.35. The van der Waals surface area contributed by atoms with E-state index in [0.717, 1.165) is 33.1 Å². The number of halogens is 3. The average molecular weight is 408 g/mol. The molecule has 0 fully saturated rings. The predicted molar refractivity (Wildman–Crippen MR) is 112 cm³/mol. The summed E-state index contributed by atoms with van der Waals surface area (Å²) in [5.74, 6) is -0.472. The lowest BCUT2D eigenvalue weighted by atomic mass is 10.1. The van der Waals surface area contributed by atoms with Crippen molar-refractivity contribution in [1.82, 2.24) is 14.8 Å². The molecule has 0 amide bonds. The number of hydrogen-bond acceptors (Lipinski definition) is 2. The van der Waals surface area contributed by atoms with Gasteiger partial charge in [-0.3, -0.25) is 4.98 Å². The second-order valence-corrected chi connectivity index (χ2v) is 7.25. The third kappa shape index (κ3) is 2.73. The van der Waals surface area contributed by atoms with Gasteiger partial charge in [-0.2, -0.15) is 5.10 Å². The summed E-state index contributed by atoms with van der Waals surface area (Å²) in [6, 6.07) is 19.9. The summed E-state index contributed by atoms with van der Waals surface area (Å²) in [5, 5.41) is 7.22. The molecule has 0 aliphatic carbocycles. The monoisotopic (exact) mass is 407 g/mol. The smallest absolute Gasteiger partial charge is 0.141 e. The summed E-state index contributed by atoms with van der Waals surface area (Å²) in [7, 11) is 0. The standard InChI is InChI=1S/C22H12Cl2FN3/c23-14-6-9-20-16(10-14)22-17(12-26-20)21(13-4-2-1-3-5-13)27-28(22)15-7-8-19(25)18(24)11-15/h1-12H. The van der Waals surface area contributed by atoms with Crippen LogP contribution >= 0.6 is 23.2 Å². The summed E-state index contributed by atoms with van der Waals surface area (Å²) in [6.07, 6.45) is 1.81. The average Bonchev–Trinajstić information content (AvgIpc) is 3.11. The molecule has 0 N–H and O–H groups in total. The molecule has 0 bridgehead atoms. The SMILES string of the molecule is Fc1ccc(-n2nc(-c3ccccc3)c3cnc4ccc(Cl)cc4c32)cc1Cl. The molecule has 136 valence electrons. The largest absolute Gasteiger partial charge is 0.255 e. The molecule has 6 heteroatoms. The van der Waals surface area contributed by atoms with Gasteiger partial charge in [-0.05, 0) is 36.4 Å². The molecule has 0 saturated heterocycles. The fourth-order valence-electron chi connectivity index (χ4n) is 3.37. The molecule has 0 spiro atoms. The number of hydrogen-bond donors (Lipinski definition) is 0. The maximum absolute atomic E-state index is 13.7. The van der Waals surface area contributed by atoms with E-state index in [0.29, 0.717) is 10.7 Å². The first-order valence-electron chi connectivity index (χ1n) is 8.59. The zero-order chi connectivity index (χ0) is 19.3. The Morgan fingerprint density at radius 3 is 2.46 bits per heavy atom. The first kappa shape index (κ1) is 17.2. The predicted octanol–water partition coefficient (Wildman–Crippen LogP) is 6.69. The summed E-state index contributed by atoms with van der Waals surface area (Å²) >= 11 is 12.3. The lowest BCUT2D eigenvalue weighted by Gasteiger charge is -2.07. The van der Waals surface area contributed by atoms with Crippen molar-refractivity contribution in [2.24, 2.45) is 0 Å². The summed E-state index contributed by atoms with van der Waals surface area (Å²) in [4.78, 5) is 4.58. The van der Waals surface area contributed by atoms with Crippen LogP contribution in [0, 0.1) is 5.82 Å². The van der Waals surface area contributed by atoms with Crippen LogP contribution in [0.15, 0.2) is 72.9 Å². The second kappa shape index (κ2) is 6.59. The van der Waals surface area contributed by atoms with Crippen molar-refractivity contribution in [3.8, 4) is 16.9 Å². The van der Waals surface area contributed by atoms with Gasteiger partial charge in [-0.15, -0.1) is 0 Å². The molecule has 5 rings (SSSR count). The highest BCUT2D eigenvalue weighted by atomic mass is 35.5. The van der Waals surface area contributed by atoms with Gasteiger partial charge >= 0.3 is 0 Å². The lowest BCUT2D eigenvalue weighted by molar-refractivity contribution is 0.627. The highest BCUT2D eigenvalue weighted by molar-refractivity contribution is 6.32. The Morgan fingerprint density at radius 1 is 0.857 bits per heavy atom. The number of nitrogens with zero attached hydrogens (tertiary/aromatic N) is 3. The zero-order valence-corrected chi connectivity index (χ0v) is 15.9. The Morgan fingerprint density at radius 2 is 1.68 bits per heavy atom. The Balaban J connectivity index is 1.92. The first-order chi connectivity index (χ1) is 13.6. The zero-order valence-electron chi connectivity index (χ0n) is 14.4. The van der Waals surface area contributed by atoms with Crippen LogP contribution in [0.3, 0.4) is 0 Å². The molecule has 28 heavy (non-hydrogen) atoms. The maximum atomic E-state index is 13.7. The first-order valence-corrected chi connectivity index (χ1v) is 9.35. The van der Waals surface area contributed by atoms with Crippen LogP contribution in [0.2, 0.25) is 10.0 Å². The van der Waals surface area contributed by atoms with E-state index in [2.05, 4.69) is 4.98 Å². The van der Waals surface area contributed by atoms with Crippen LogP contribution < -0.4 is 0 Å². The third-order valence-electron chi connectivity index (χ3n) is 4.66. The molecule has 0 unspecified atom stereocenters. The molecule has 0 atom stereocenters. The van der Waals surface area contributed by atoms with Crippen LogP contribution in [0.25, 0.3) is 38.8 Å². The van der Waals surface area contributed by atoms with Gasteiger partial charge in [-0.1, -0.05) is 53.5 Å². The Bertz CT molecular complexity index is 1350. The van der Waals surface area contributed by atoms with Crippen LogP contribution in [-0.4, -0.2) is 14.8 Å². The molecule has 5 aromatic rings. The molecular weight excluding hydrogens is 396 g/mol. The van der Waals surface area contributed by atoms with Crippen LogP contribution in [-0.2, 0) is 0 Å². The molecule has 0 saturated carbocycles. The van der Waals surface area contributed by atoms with Gasteiger partial charge < -0.3 is 0 Å². The summed E-state index contributed by atoms with van der Waals surface area (Å²) in [5.41, 5.74) is 4.04. The van der Waals surface area contributed by atoms with E-state index in [1.807, 2.05) is 48.7 Å². The van der Waals surface area contributed by atoms with Gasteiger partial charge in [0.15, 0.2) is 0 Å². The van der Waals surface area contributed by atoms with Crippen molar-refractivity contribution in [1.29, 1.82) is 0 Å². The molecule has 0 aliphatic heterocycles. The van der Waals surface area contributed by atoms with Gasteiger partial charge in [-0.25, -0.2) is 9.07 Å². The minimum atomic E-state index is -0.472. The Hall–Kier alpha value is -2.95. The molecule has 3 aromatic carbocycles. The van der Waals surface area contributed by atoms with Crippen LogP contribution in [0.1, 0.15) is 0 Å². The van der Waals surface area contributed by atoms with Crippen LogP contribution in [0.5, 0.6) is 0 Å². The van der Waals surface area contributed by atoms with E-state index in [9.17, 15) is 4.39 Å². The van der Waals surface area contributed by atoms with Gasteiger partial charge in [0, 0.05) is 27.6 Å². The van der Waals surface area contributed by atoms with Crippen molar-refractivity contribution in [3.63, 3.8) is 0 Å². The van der Waals surface area contributed by atoms with Crippen molar-refractivity contribution < 1.29 is 4.39 Å². The summed E-state index contributed by atoms with van der Waals surface area (Å²) < 4.78 is 15.5. The maximum Gasteiger partial charge on any atom is 0.141 e. The van der Waals surface area contributed by atoms with Gasteiger partial charge in [0.05, 0.1) is 21.7 Å². The minimum absolute atomic E-state index is 0.0406. The van der Waals surface area contributed by atoms with Crippen molar-refractivity contribution in [3.05, 3.63) is 88.8 Å². The van der Waals surface area contributed by atoms with Crippen molar-refractivity contribution in [2.75, 3.05) is 0 Å². The lowest BCUT2D eigenvalue weighted by Crippen LogP contribution is -1.98. The fourth-order valence-corrected chi connectivity index (χ4v) is 3.72. The minimum Gasteiger partial charge on any atom is -0.255 e. The number of benzene rings is 3. The van der Waals surface area contributed by atoms with E-state index in [1.54, 1.807) is 22.9 Å². The topological polar surface area (TPSA) is 30.7 Å². The van der Waals surface area contributed by atoms with Crippen molar-refractivity contribution >= 4 is 45.0 Å². The second-order valence-electron chi connectivity index (χ2n) is 6.41. The number of pyridine rings is 1. The molecule has 2 heterocycles. The molecule has 0 aliphatic rings. The number of fused-ring (bicyclic) bond motifs is 3. The van der Waals surface area contributed by atoms with Crippen molar-refractivity contribution in [2.45, 2.75) is 0 Å². The third-order valence-corrected chi connectivity index (χ3v) is 5.19. The molecule has 3 nitrogen and oxygen atoms in total. The quantitative estimate of drug-likeness (QED) is 0.326. The van der Waals surface area contributed by atoms with Gasteiger partial charge in [0.1, 0.15) is 11.5 Å². The van der Waals surface area contributed by atoms with E-state index >= 15 is 0 Å². The fraction of sp³-hybridized carbons (Fsp3) is 0. The van der Waals surface area contributed by atoms with Gasteiger partial charge in [0.25, 0.3) is 0 Å². The number of rotatable bonds is 2. The number of aromatic nitrogens is 3. The van der Waals surface area contributed by atoms with E-state index in [-0.39, 0.29) is 5.02 Å². The highest BCUT2D eigenvalue weighted by Gasteiger charge is 2.18. The van der Waals surface area contributed by atoms with E-state index in [1.165, 1.54) is 6.07 Å². The van der Waals surface area contributed by atoms with E-state index < -0.39 is 5.82 Å². The Labute approximate surface area is 170 Å². The summed E-state index contributed by atoms with van der Waals surface area (Å²) in [6.45, 7) is 0. The Kier molecular flexibility index (Phi) is 4.04. The van der Waals surface area contributed by atoms with Crippen LogP contribution in [0.4, 0.5) is 4.39 Å². The normalized spacial score (nSPS) is 11.4. The van der Waals surface area contributed by atoms with E-state index in [4.69, 9.17) is 28.3 Å². The molecular formula is C22H12Cl2FN3. The molecule has 2 aromatic heterocycles.